The lowest BCUT2D eigenvalue weighted by molar-refractivity contribution is 0.0827. The molecule has 0 saturated heterocycles. The number of amides is 1. The molecule has 10 nitrogen and oxygen atoms in total. The molecule has 0 unspecified atom stereocenters. The van der Waals surface area contributed by atoms with E-state index < -0.39 is 0 Å². The number of benzene rings is 3. The second kappa shape index (κ2) is 10.0. The molecule has 5 aromatic rings. The number of H-pyrrole nitrogens is 1. The Hall–Kier alpha value is -5.25. The standard InChI is InChI=1S/C28H25N7O3/c1-16-12-13-18(23(29)30)15-21(16)38-26-22-25(32-24(31-22)17-8-5-4-6-9-17)33-28(34-26)37-20-11-7-10-19(14-20)27(36)35(2)3/h4-15H,1-3H3,(H3,29,30)(H,31,32,33,34). The van der Waals surface area contributed by atoms with E-state index in [0.29, 0.717) is 39.6 Å². The van der Waals surface area contributed by atoms with E-state index in [-0.39, 0.29) is 23.6 Å². The normalized spacial score (nSPS) is 10.8. The number of carbonyl (C=O) groups is 1. The Morgan fingerprint density at radius 2 is 1.71 bits per heavy atom. The van der Waals surface area contributed by atoms with Gasteiger partial charge in [0.15, 0.2) is 11.2 Å². The number of nitrogens with one attached hydrogen (secondary N) is 2. The van der Waals surface area contributed by atoms with E-state index in [1.165, 1.54) is 4.90 Å². The van der Waals surface area contributed by atoms with Crippen LogP contribution in [0.25, 0.3) is 22.6 Å². The van der Waals surface area contributed by atoms with Crippen LogP contribution in [-0.2, 0) is 0 Å². The molecule has 4 N–H and O–H groups in total. The molecule has 10 heteroatoms. The first kappa shape index (κ1) is 24.4. The van der Waals surface area contributed by atoms with Crippen LogP contribution in [0.4, 0.5) is 0 Å². The van der Waals surface area contributed by atoms with Gasteiger partial charge in [-0.3, -0.25) is 10.2 Å². The second-order valence-corrected chi connectivity index (χ2v) is 8.79. The first-order valence-electron chi connectivity index (χ1n) is 11.7. The number of amidine groups is 1. The van der Waals surface area contributed by atoms with Gasteiger partial charge in [-0.05, 0) is 36.8 Å². The molecule has 0 radical (unpaired) electrons. The number of hydrogen-bond acceptors (Lipinski definition) is 7. The van der Waals surface area contributed by atoms with Crippen molar-refractivity contribution in [1.82, 2.24) is 24.8 Å². The van der Waals surface area contributed by atoms with Crippen molar-refractivity contribution in [1.29, 1.82) is 5.41 Å². The van der Waals surface area contributed by atoms with Crippen molar-refractivity contribution >= 4 is 22.9 Å². The smallest absolute Gasteiger partial charge is 0.327 e. The van der Waals surface area contributed by atoms with Gasteiger partial charge in [-0.2, -0.15) is 9.97 Å². The maximum Gasteiger partial charge on any atom is 0.327 e. The van der Waals surface area contributed by atoms with E-state index in [9.17, 15) is 4.79 Å². The summed E-state index contributed by atoms with van der Waals surface area (Å²) in [5.41, 5.74) is 9.16. The minimum Gasteiger partial charge on any atom is -0.437 e. The lowest BCUT2D eigenvalue weighted by Gasteiger charge is -2.12. The zero-order valence-electron chi connectivity index (χ0n) is 21.0. The van der Waals surface area contributed by atoms with Crippen molar-refractivity contribution < 1.29 is 14.3 Å². The van der Waals surface area contributed by atoms with E-state index in [4.69, 9.17) is 25.6 Å². The molecule has 2 heterocycles. The summed E-state index contributed by atoms with van der Waals surface area (Å²) < 4.78 is 12.2. The molecule has 2 aromatic heterocycles. The van der Waals surface area contributed by atoms with Crippen molar-refractivity contribution in [2.45, 2.75) is 6.92 Å². The molecule has 0 atom stereocenters. The summed E-state index contributed by atoms with van der Waals surface area (Å²) in [7, 11) is 3.37. The highest BCUT2D eigenvalue weighted by Gasteiger charge is 2.19. The number of aromatic amines is 1. The van der Waals surface area contributed by atoms with Crippen molar-refractivity contribution in [3.63, 3.8) is 0 Å². The molecule has 0 fully saturated rings. The third-order valence-corrected chi connectivity index (χ3v) is 5.74. The number of rotatable bonds is 7. The van der Waals surface area contributed by atoms with Gasteiger partial charge in [-0.25, -0.2) is 4.98 Å². The number of fused-ring (bicyclic) bond motifs is 1. The molecule has 0 spiro atoms. The third kappa shape index (κ3) is 5.00. The van der Waals surface area contributed by atoms with Gasteiger partial charge >= 0.3 is 6.01 Å². The highest BCUT2D eigenvalue weighted by molar-refractivity contribution is 5.95. The number of aryl methyl sites for hydroxylation is 1. The molecule has 0 saturated carbocycles. The number of nitrogen functional groups attached to an aromatic ring is 1. The van der Waals surface area contributed by atoms with Crippen molar-refractivity contribution in [3.05, 3.63) is 89.5 Å². The molecule has 0 bridgehead atoms. The second-order valence-electron chi connectivity index (χ2n) is 8.79. The Balaban J connectivity index is 1.59. The SMILES string of the molecule is Cc1ccc(C(=N)N)cc1Oc1nc(Oc2cccc(C(=O)N(C)C)c2)nc2[nH]c(-c3ccccc3)nc12. The summed E-state index contributed by atoms with van der Waals surface area (Å²) in [6.07, 6.45) is 0. The highest BCUT2D eigenvalue weighted by Crippen LogP contribution is 2.33. The third-order valence-electron chi connectivity index (χ3n) is 5.74. The van der Waals surface area contributed by atoms with Gasteiger partial charge in [-0.1, -0.05) is 48.5 Å². The Morgan fingerprint density at radius 1 is 0.921 bits per heavy atom. The zero-order valence-corrected chi connectivity index (χ0v) is 21.0. The minimum atomic E-state index is -0.155. The molecule has 38 heavy (non-hydrogen) atoms. The molecule has 3 aromatic carbocycles. The van der Waals surface area contributed by atoms with Gasteiger partial charge in [-0.15, -0.1) is 0 Å². The van der Waals surface area contributed by atoms with Gasteiger partial charge in [0.05, 0.1) is 0 Å². The average molecular weight is 508 g/mol. The Labute approximate surface area is 218 Å². The molecule has 190 valence electrons. The highest BCUT2D eigenvalue weighted by atomic mass is 16.5. The van der Waals surface area contributed by atoms with Crippen LogP contribution in [0.3, 0.4) is 0 Å². The van der Waals surface area contributed by atoms with Crippen molar-refractivity contribution in [2.75, 3.05) is 14.1 Å². The number of ether oxygens (including phenoxy) is 2. The van der Waals surface area contributed by atoms with Gasteiger partial charge in [0.25, 0.3) is 11.8 Å². The van der Waals surface area contributed by atoms with E-state index in [1.54, 1.807) is 50.5 Å². The fraction of sp³-hybridized carbons (Fsp3) is 0.107. The fourth-order valence-electron chi connectivity index (χ4n) is 3.74. The first-order valence-corrected chi connectivity index (χ1v) is 11.7. The predicted molar refractivity (Wildman–Crippen MR) is 144 cm³/mol. The van der Waals surface area contributed by atoms with Gasteiger partial charge < -0.3 is 25.1 Å². The molecule has 0 aliphatic carbocycles. The van der Waals surface area contributed by atoms with Crippen LogP contribution >= 0.6 is 0 Å². The number of imidazole rings is 1. The first-order chi connectivity index (χ1) is 18.3. The minimum absolute atomic E-state index is 0.00518. The number of nitrogens with zero attached hydrogens (tertiary/aromatic N) is 4. The van der Waals surface area contributed by atoms with E-state index in [0.717, 1.165) is 11.1 Å². The van der Waals surface area contributed by atoms with Crippen molar-refractivity contribution in [2.24, 2.45) is 5.73 Å². The Bertz CT molecular complexity index is 1660. The lowest BCUT2D eigenvalue weighted by Crippen LogP contribution is -2.21. The fourth-order valence-corrected chi connectivity index (χ4v) is 3.74. The van der Waals surface area contributed by atoms with Gasteiger partial charge in [0, 0.05) is 30.8 Å². The topological polar surface area (TPSA) is 143 Å². The predicted octanol–water partition coefficient (Wildman–Crippen LogP) is 4.90. The Morgan fingerprint density at radius 3 is 2.45 bits per heavy atom. The van der Waals surface area contributed by atoms with E-state index in [2.05, 4.69) is 15.0 Å². The molecular weight excluding hydrogens is 482 g/mol. The molecule has 5 rings (SSSR count). The van der Waals surface area contributed by atoms with Crippen LogP contribution in [0.5, 0.6) is 23.4 Å². The van der Waals surface area contributed by atoms with Crippen LogP contribution in [0.2, 0.25) is 0 Å². The van der Waals surface area contributed by atoms with Gasteiger partial charge in [0.2, 0.25) is 0 Å². The summed E-state index contributed by atoms with van der Waals surface area (Å²) in [6.45, 7) is 1.88. The maximum atomic E-state index is 12.4. The monoisotopic (exact) mass is 507 g/mol. The van der Waals surface area contributed by atoms with Crippen LogP contribution in [-0.4, -0.2) is 50.7 Å². The number of aromatic nitrogens is 4. The molecule has 0 aliphatic rings. The largest absolute Gasteiger partial charge is 0.437 e. The molecule has 1 amide bonds. The molecule has 0 aliphatic heterocycles. The Kier molecular flexibility index (Phi) is 6.44. The van der Waals surface area contributed by atoms with E-state index in [1.807, 2.05) is 43.3 Å². The van der Waals surface area contributed by atoms with E-state index >= 15 is 0 Å². The van der Waals surface area contributed by atoms with Gasteiger partial charge in [0.1, 0.15) is 23.2 Å². The zero-order chi connectivity index (χ0) is 26.8. The van der Waals surface area contributed by atoms with Crippen molar-refractivity contribution in [3.8, 4) is 34.8 Å². The summed E-state index contributed by atoms with van der Waals surface area (Å²) in [5.74, 6) is 1.37. The summed E-state index contributed by atoms with van der Waals surface area (Å²) in [5, 5.41) is 7.78. The molecular formula is C28H25N7O3. The number of carbonyl (C=O) groups excluding carboxylic acids is 1. The maximum absolute atomic E-state index is 12.4. The summed E-state index contributed by atoms with van der Waals surface area (Å²) >= 11 is 0. The average Bonchev–Trinajstić information content (AvgIpc) is 3.34. The summed E-state index contributed by atoms with van der Waals surface area (Å²) in [6, 6.07) is 21.6. The number of nitrogens with two attached hydrogens (primary N) is 1. The van der Waals surface area contributed by atoms with Crippen LogP contribution in [0, 0.1) is 12.3 Å². The van der Waals surface area contributed by atoms with Crippen LogP contribution in [0.1, 0.15) is 21.5 Å². The number of hydrogen-bond donors (Lipinski definition) is 3. The van der Waals surface area contributed by atoms with Crippen LogP contribution in [0.15, 0.2) is 72.8 Å². The van der Waals surface area contributed by atoms with Crippen LogP contribution < -0.4 is 15.2 Å². The lowest BCUT2D eigenvalue weighted by atomic mass is 10.1. The quantitative estimate of drug-likeness (QED) is 0.210. The summed E-state index contributed by atoms with van der Waals surface area (Å²) in [4.78, 5) is 30.8.